The number of ether oxygens (including phenoxy) is 1. The molecule has 0 radical (unpaired) electrons. The molecule has 1 aliphatic heterocycles. The summed E-state index contributed by atoms with van der Waals surface area (Å²) in [6, 6.07) is 19.3. The first-order chi connectivity index (χ1) is 17.9. The van der Waals surface area contributed by atoms with E-state index in [4.69, 9.17) is 14.8 Å². The van der Waals surface area contributed by atoms with Crippen molar-refractivity contribution in [2.45, 2.75) is 26.7 Å². The first-order valence-corrected chi connectivity index (χ1v) is 12.9. The average Bonchev–Trinajstić information content (AvgIpc) is 3.32. The molecule has 2 heterocycles. The number of rotatable bonds is 8. The number of anilines is 1. The number of likely N-dealkylation sites (N-methyl/N-ethyl adjacent to an activating group) is 1. The van der Waals surface area contributed by atoms with Crippen molar-refractivity contribution in [1.29, 1.82) is 0 Å². The summed E-state index contributed by atoms with van der Waals surface area (Å²) < 4.78 is 5.89. The second-order valence-corrected chi connectivity index (χ2v) is 9.94. The summed E-state index contributed by atoms with van der Waals surface area (Å²) in [6.45, 7) is 8.73. The normalized spacial score (nSPS) is 14.3. The fourth-order valence-electron chi connectivity index (χ4n) is 4.97. The molecule has 1 aliphatic rings. The SMILES string of the molecule is Cc1cc(-c2nc3ccc(-c4ccc(N5CCN(C)CC5)cc4)cc3[nH]2)cc(C)c1OCCCC(=O)O. The number of aromatic nitrogens is 2. The summed E-state index contributed by atoms with van der Waals surface area (Å²) in [6.07, 6.45) is 0.595. The van der Waals surface area contributed by atoms with Crippen molar-refractivity contribution in [2.75, 3.05) is 44.7 Å². The zero-order chi connectivity index (χ0) is 25.9. The molecule has 0 bridgehead atoms. The van der Waals surface area contributed by atoms with Gasteiger partial charge in [0.25, 0.3) is 0 Å². The molecule has 0 amide bonds. The van der Waals surface area contributed by atoms with Crippen LogP contribution in [0.25, 0.3) is 33.5 Å². The number of hydrogen-bond acceptors (Lipinski definition) is 5. The third-order valence-electron chi connectivity index (χ3n) is 7.07. The van der Waals surface area contributed by atoms with Gasteiger partial charge in [0, 0.05) is 43.9 Å². The minimum absolute atomic E-state index is 0.109. The second kappa shape index (κ2) is 10.6. The van der Waals surface area contributed by atoms with Gasteiger partial charge in [-0.25, -0.2) is 4.98 Å². The molecule has 2 N–H and O–H groups in total. The molecular formula is C30H34N4O3. The van der Waals surface area contributed by atoms with Crippen LogP contribution in [0.1, 0.15) is 24.0 Å². The van der Waals surface area contributed by atoms with E-state index in [-0.39, 0.29) is 6.42 Å². The minimum atomic E-state index is -0.803. The van der Waals surface area contributed by atoms with Gasteiger partial charge in [0.05, 0.1) is 17.6 Å². The Morgan fingerprint density at radius 2 is 1.62 bits per heavy atom. The first-order valence-electron chi connectivity index (χ1n) is 12.9. The quantitative estimate of drug-likeness (QED) is 0.312. The van der Waals surface area contributed by atoms with Crippen molar-refractivity contribution in [2.24, 2.45) is 0 Å². The Bertz CT molecular complexity index is 1380. The highest BCUT2D eigenvalue weighted by Crippen LogP contribution is 2.32. The van der Waals surface area contributed by atoms with E-state index in [2.05, 4.69) is 76.4 Å². The number of benzene rings is 3. The lowest BCUT2D eigenvalue weighted by molar-refractivity contribution is -0.137. The number of aromatic amines is 1. The number of carboxylic acids is 1. The zero-order valence-electron chi connectivity index (χ0n) is 21.8. The molecule has 0 unspecified atom stereocenters. The molecule has 192 valence electrons. The van der Waals surface area contributed by atoms with Crippen LogP contribution in [-0.2, 0) is 4.79 Å². The van der Waals surface area contributed by atoms with Crippen molar-refractivity contribution >= 4 is 22.7 Å². The molecule has 1 aromatic heterocycles. The molecule has 37 heavy (non-hydrogen) atoms. The highest BCUT2D eigenvalue weighted by atomic mass is 16.5. The number of carboxylic acid groups (broad SMARTS) is 1. The van der Waals surface area contributed by atoms with E-state index in [1.165, 1.54) is 11.3 Å². The number of nitrogens with one attached hydrogen (secondary N) is 1. The topological polar surface area (TPSA) is 81.7 Å². The lowest BCUT2D eigenvalue weighted by Crippen LogP contribution is -2.44. The Morgan fingerprint density at radius 3 is 2.30 bits per heavy atom. The summed E-state index contributed by atoms with van der Waals surface area (Å²) in [4.78, 5) is 23.9. The highest BCUT2D eigenvalue weighted by molar-refractivity contribution is 5.85. The molecule has 0 saturated carbocycles. The minimum Gasteiger partial charge on any atom is -0.493 e. The van der Waals surface area contributed by atoms with Crippen LogP contribution in [0.4, 0.5) is 5.69 Å². The maximum atomic E-state index is 10.7. The van der Waals surface area contributed by atoms with Gasteiger partial charge in [-0.05, 0) is 86.0 Å². The van der Waals surface area contributed by atoms with Crippen LogP contribution in [0.15, 0.2) is 54.6 Å². The Hall–Kier alpha value is -3.84. The molecule has 5 rings (SSSR count). The Balaban J connectivity index is 1.33. The molecule has 1 fully saturated rings. The summed E-state index contributed by atoms with van der Waals surface area (Å²) >= 11 is 0. The number of hydrogen-bond donors (Lipinski definition) is 2. The van der Waals surface area contributed by atoms with Crippen molar-refractivity contribution in [3.63, 3.8) is 0 Å². The number of imidazole rings is 1. The number of aliphatic carboxylic acids is 1. The molecule has 7 nitrogen and oxygen atoms in total. The predicted molar refractivity (Wildman–Crippen MR) is 149 cm³/mol. The Labute approximate surface area is 217 Å². The molecule has 0 aliphatic carbocycles. The summed E-state index contributed by atoms with van der Waals surface area (Å²) in [5.41, 5.74) is 8.57. The molecule has 4 aromatic rings. The molecule has 0 atom stereocenters. The number of H-pyrrole nitrogens is 1. The Kier molecular flexibility index (Phi) is 7.15. The van der Waals surface area contributed by atoms with Gasteiger partial charge in [0.2, 0.25) is 0 Å². The first kappa shape index (κ1) is 24.8. The van der Waals surface area contributed by atoms with Crippen LogP contribution in [-0.4, -0.2) is 65.8 Å². The van der Waals surface area contributed by atoms with Crippen molar-refractivity contribution in [1.82, 2.24) is 14.9 Å². The largest absolute Gasteiger partial charge is 0.493 e. The van der Waals surface area contributed by atoms with Gasteiger partial charge in [-0.3, -0.25) is 4.79 Å². The molecule has 0 spiro atoms. The molecule has 1 saturated heterocycles. The van der Waals surface area contributed by atoms with Crippen molar-refractivity contribution in [3.8, 4) is 28.3 Å². The van der Waals surface area contributed by atoms with Crippen molar-refractivity contribution in [3.05, 3.63) is 65.7 Å². The van der Waals surface area contributed by atoms with Crippen LogP contribution >= 0.6 is 0 Å². The Morgan fingerprint density at radius 1 is 0.946 bits per heavy atom. The van der Waals surface area contributed by atoms with Crippen LogP contribution in [0, 0.1) is 13.8 Å². The lowest BCUT2D eigenvalue weighted by Gasteiger charge is -2.34. The monoisotopic (exact) mass is 498 g/mol. The van der Waals surface area contributed by atoms with Crippen LogP contribution in [0.3, 0.4) is 0 Å². The fraction of sp³-hybridized carbons (Fsp3) is 0.333. The van der Waals surface area contributed by atoms with Gasteiger partial charge in [0.15, 0.2) is 0 Å². The maximum absolute atomic E-state index is 10.7. The third kappa shape index (κ3) is 5.62. The van der Waals surface area contributed by atoms with E-state index in [1.54, 1.807) is 0 Å². The van der Waals surface area contributed by atoms with Gasteiger partial charge in [-0.15, -0.1) is 0 Å². The number of nitrogens with zero attached hydrogens (tertiary/aromatic N) is 3. The van der Waals surface area contributed by atoms with E-state index < -0.39 is 5.97 Å². The molecular weight excluding hydrogens is 464 g/mol. The van der Waals surface area contributed by atoms with Crippen LogP contribution in [0.2, 0.25) is 0 Å². The van der Waals surface area contributed by atoms with Gasteiger partial charge in [-0.2, -0.15) is 0 Å². The van der Waals surface area contributed by atoms with E-state index >= 15 is 0 Å². The standard InChI is InChI=1S/C30H34N4O3/c1-20-17-24(18-21(2)29(20)37-16-4-5-28(35)36)30-31-26-11-8-23(19-27(26)32-30)22-6-9-25(10-7-22)34-14-12-33(3)13-15-34/h6-11,17-19H,4-5,12-16H2,1-3H3,(H,31,32)(H,35,36). The van der Waals surface area contributed by atoms with E-state index in [1.807, 2.05) is 13.8 Å². The fourth-order valence-corrected chi connectivity index (χ4v) is 4.97. The van der Waals surface area contributed by atoms with Crippen molar-refractivity contribution < 1.29 is 14.6 Å². The summed E-state index contributed by atoms with van der Waals surface area (Å²) in [5, 5.41) is 8.82. The van der Waals surface area contributed by atoms with Gasteiger partial charge >= 0.3 is 5.97 Å². The number of aryl methyl sites for hydroxylation is 2. The van der Waals surface area contributed by atoms with Crippen LogP contribution < -0.4 is 9.64 Å². The number of piperazine rings is 1. The highest BCUT2D eigenvalue weighted by Gasteiger charge is 2.15. The van der Waals surface area contributed by atoms with Gasteiger partial charge in [0.1, 0.15) is 11.6 Å². The van der Waals surface area contributed by atoms with E-state index in [0.717, 1.165) is 71.0 Å². The van der Waals surface area contributed by atoms with Gasteiger partial charge < -0.3 is 24.6 Å². The lowest BCUT2D eigenvalue weighted by atomic mass is 10.0. The second-order valence-electron chi connectivity index (χ2n) is 9.94. The smallest absolute Gasteiger partial charge is 0.303 e. The molecule has 3 aromatic carbocycles. The van der Waals surface area contributed by atoms with E-state index in [0.29, 0.717) is 13.0 Å². The zero-order valence-corrected chi connectivity index (χ0v) is 21.8. The van der Waals surface area contributed by atoms with Gasteiger partial charge in [-0.1, -0.05) is 18.2 Å². The average molecular weight is 499 g/mol. The predicted octanol–water partition coefficient (Wildman–Crippen LogP) is 5.51. The third-order valence-corrected chi connectivity index (χ3v) is 7.07. The summed E-state index contributed by atoms with van der Waals surface area (Å²) in [7, 11) is 2.18. The maximum Gasteiger partial charge on any atom is 0.303 e. The number of carbonyl (C=O) groups is 1. The number of fused-ring (bicyclic) bond motifs is 1. The van der Waals surface area contributed by atoms with E-state index in [9.17, 15) is 4.79 Å². The summed E-state index contributed by atoms with van der Waals surface area (Å²) in [5.74, 6) is 0.830. The van der Waals surface area contributed by atoms with Crippen LogP contribution in [0.5, 0.6) is 5.75 Å². The molecule has 7 heteroatoms.